The van der Waals surface area contributed by atoms with Crippen LogP contribution in [-0.4, -0.2) is 40.2 Å². The Bertz CT molecular complexity index is 356. The van der Waals surface area contributed by atoms with Gasteiger partial charge >= 0.3 is 0 Å². The molecule has 5 heteroatoms. The molecule has 1 unspecified atom stereocenters. The average molecular weight is 221 g/mol. The van der Waals surface area contributed by atoms with Gasteiger partial charge in [0.2, 0.25) is 11.8 Å². The van der Waals surface area contributed by atoms with Gasteiger partial charge in [-0.05, 0) is 18.9 Å². The number of nitrogens with zero attached hydrogens (tertiary/aromatic N) is 3. The molecule has 1 atom stereocenters. The minimum absolute atomic E-state index is 0.0364. The van der Waals surface area contributed by atoms with Gasteiger partial charge in [-0.3, -0.25) is 4.79 Å². The van der Waals surface area contributed by atoms with Gasteiger partial charge in [-0.15, -0.1) is 5.10 Å². The lowest BCUT2D eigenvalue weighted by atomic mass is 10.1. The molecule has 16 heavy (non-hydrogen) atoms. The number of carbonyl (C=O) groups excluding carboxylic acids is 1. The van der Waals surface area contributed by atoms with Crippen LogP contribution in [0.2, 0.25) is 0 Å². The monoisotopic (exact) mass is 221 g/mol. The third-order valence-corrected chi connectivity index (χ3v) is 2.66. The van der Waals surface area contributed by atoms with Crippen molar-refractivity contribution >= 4 is 5.91 Å². The number of rotatable bonds is 2. The van der Waals surface area contributed by atoms with E-state index >= 15 is 0 Å². The minimum atomic E-state index is 0.0364. The largest absolute Gasteiger partial charge is 0.471 e. The van der Waals surface area contributed by atoms with Crippen LogP contribution >= 0.6 is 0 Å². The molecule has 1 aromatic heterocycles. The van der Waals surface area contributed by atoms with Crippen molar-refractivity contribution in [2.24, 2.45) is 0 Å². The summed E-state index contributed by atoms with van der Waals surface area (Å²) in [6.07, 6.45) is 3.58. The van der Waals surface area contributed by atoms with Crippen LogP contribution in [-0.2, 0) is 4.79 Å². The normalized spacial score (nSPS) is 20.6. The molecule has 0 aliphatic carbocycles. The molecule has 0 radical (unpaired) electrons. The third kappa shape index (κ3) is 2.68. The summed E-state index contributed by atoms with van der Waals surface area (Å²) in [6.45, 7) is 3.06. The number of piperidine rings is 1. The van der Waals surface area contributed by atoms with Gasteiger partial charge in [0.25, 0.3) is 0 Å². The van der Waals surface area contributed by atoms with Gasteiger partial charge in [-0.25, -0.2) is 0 Å². The van der Waals surface area contributed by atoms with Crippen molar-refractivity contribution in [3.63, 3.8) is 0 Å². The standard InChI is InChI=1S/C11H15N3O2/c1-9(15)14-7-3-4-10(8-14)16-11-5-2-6-12-13-11/h2,5-6,10H,3-4,7-8H2,1H3. The van der Waals surface area contributed by atoms with Crippen molar-refractivity contribution in [3.05, 3.63) is 18.3 Å². The number of hydrogen-bond donors (Lipinski definition) is 0. The fourth-order valence-electron chi connectivity index (χ4n) is 1.84. The van der Waals surface area contributed by atoms with E-state index in [-0.39, 0.29) is 12.0 Å². The summed E-state index contributed by atoms with van der Waals surface area (Å²) in [5, 5.41) is 7.62. The predicted molar refractivity (Wildman–Crippen MR) is 57.9 cm³/mol. The first-order chi connectivity index (χ1) is 7.75. The summed E-state index contributed by atoms with van der Waals surface area (Å²) in [7, 11) is 0. The highest BCUT2D eigenvalue weighted by Crippen LogP contribution is 2.15. The van der Waals surface area contributed by atoms with E-state index in [4.69, 9.17) is 4.74 Å². The number of likely N-dealkylation sites (tertiary alicyclic amines) is 1. The smallest absolute Gasteiger partial charge is 0.233 e. The van der Waals surface area contributed by atoms with E-state index in [1.165, 1.54) is 0 Å². The van der Waals surface area contributed by atoms with Gasteiger partial charge in [-0.1, -0.05) is 0 Å². The Hall–Kier alpha value is -1.65. The van der Waals surface area contributed by atoms with Crippen molar-refractivity contribution in [2.75, 3.05) is 13.1 Å². The van der Waals surface area contributed by atoms with Crippen molar-refractivity contribution in [2.45, 2.75) is 25.9 Å². The second kappa shape index (κ2) is 4.92. The highest BCUT2D eigenvalue weighted by molar-refractivity contribution is 5.73. The minimum Gasteiger partial charge on any atom is -0.471 e. The number of hydrogen-bond acceptors (Lipinski definition) is 4. The van der Waals surface area contributed by atoms with Crippen LogP contribution in [0.1, 0.15) is 19.8 Å². The van der Waals surface area contributed by atoms with Crippen LogP contribution in [0.4, 0.5) is 0 Å². The topological polar surface area (TPSA) is 55.3 Å². The number of amides is 1. The molecular formula is C11H15N3O2. The lowest BCUT2D eigenvalue weighted by Crippen LogP contribution is -2.43. The van der Waals surface area contributed by atoms with E-state index in [2.05, 4.69) is 10.2 Å². The summed E-state index contributed by atoms with van der Waals surface area (Å²) < 4.78 is 5.67. The molecule has 1 fully saturated rings. The van der Waals surface area contributed by atoms with E-state index in [9.17, 15) is 4.79 Å². The van der Waals surface area contributed by atoms with Crippen LogP contribution in [0.25, 0.3) is 0 Å². The molecule has 86 valence electrons. The summed E-state index contributed by atoms with van der Waals surface area (Å²) in [6, 6.07) is 3.56. The number of carbonyl (C=O) groups is 1. The molecule has 1 amide bonds. The van der Waals surface area contributed by atoms with Crippen molar-refractivity contribution < 1.29 is 9.53 Å². The van der Waals surface area contributed by atoms with E-state index in [1.54, 1.807) is 25.3 Å². The maximum absolute atomic E-state index is 11.2. The van der Waals surface area contributed by atoms with Crippen LogP contribution in [0.3, 0.4) is 0 Å². The summed E-state index contributed by atoms with van der Waals surface area (Å²) in [5.41, 5.74) is 0. The highest BCUT2D eigenvalue weighted by Gasteiger charge is 2.22. The van der Waals surface area contributed by atoms with E-state index in [0.717, 1.165) is 19.4 Å². The van der Waals surface area contributed by atoms with Gasteiger partial charge in [0, 0.05) is 25.7 Å². The van der Waals surface area contributed by atoms with Crippen LogP contribution in [0.5, 0.6) is 5.88 Å². The molecule has 0 aromatic carbocycles. The lowest BCUT2D eigenvalue weighted by molar-refractivity contribution is -0.131. The summed E-state index contributed by atoms with van der Waals surface area (Å²) >= 11 is 0. The van der Waals surface area contributed by atoms with E-state index < -0.39 is 0 Å². The number of ether oxygens (including phenoxy) is 1. The average Bonchev–Trinajstić information content (AvgIpc) is 2.30. The molecule has 0 saturated carbocycles. The number of aromatic nitrogens is 2. The molecule has 0 spiro atoms. The second-order valence-electron chi connectivity index (χ2n) is 3.91. The maximum Gasteiger partial charge on any atom is 0.233 e. The molecule has 1 aliphatic heterocycles. The molecule has 1 aromatic rings. The Kier molecular flexibility index (Phi) is 3.34. The molecule has 1 saturated heterocycles. The molecule has 2 heterocycles. The zero-order valence-corrected chi connectivity index (χ0v) is 9.30. The Balaban J connectivity index is 1.93. The fraction of sp³-hybridized carbons (Fsp3) is 0.545. The predicted octanol–water partition coefficient (Wildman–Crippen LogP) is 0.866. The summed E-state index contributed by atoms with van der Waals surface area (Å²) in [4.78, 5) is 13.0. The summed E-state index contributed by atoms with van der Waals surface area (Å²) in [5.74, 6) is 0.630. The second-order valence-corrected chi connectivity index (χ2v) is 3.91. The van der Waals surface area contributed by atoms with Crippen molar-refractivity contribution in [3.8, 4) is 5.88 Å². The van der Waals surface area contributed by atoms with Crippen LogP contribution in [0, 0.1) is 0 Å². The quantitative estimate of drug-likeness (QED) is 0.743. The molecule has 1 aliphatic rings. The zero-order valence-electron chi connectivity index (χ0n) is 9.30. The van der Waals surface area contributed by atoms with Crippen LogP contribution in [0.15, 0.2) is 18.3 Å². The van der Waals surface area contributed by atoms with Gasteiger partial charge in [0.1, 0.15) is 6.10 Å². The van der Waals surface area contributed by atoms with Gasteiger partial charge in [0.05, 0.1) is 6.54 Å². The zero-order chi connectivity index (χ0) is 11.4. The Morgan fingerprint density at radius 2 is 2.50 bits per heavy atom. The third-order valence-electron chi connectivity index (χ3n) is 2.66. The molecule has 2 rings (SSSR count). The molecule has 0 N–H and O–H groups in total. The Morgan fingerprint density at radius 1 is 1.62 bits per heavy atom. The Morgan fingerprint density at radius 3 is 3.19 bits per heavy atom. The van der Waals surface area contributed by atoms with E-state index in [1.807, 2.05) is 4.90 Å². The first kappa shape index (κ1) is 10.9. The lowest BCUT2D eigenvalue weighted by Gasteiger charge is -2.31. The van der Waals surface area contributed by atoms with Gasteiger partial charge < -0.3 is 9.64 Å². The fourth-order valence-corrected chi connectivity index (χ4v) is 1.84. The first-order valence-corrected chi connectivity index (χ1v) is 5.45. The van der Waals surface area contributed by atoms with Crippen molar-refractivity contribution in [1.82, 2.24) is 15.1 Å². The molecular weight excluding hydrogens is 206 g/mol. The maximum atomic E-state index is 11.2. The van der Waals surface area contributed by atoms with Gasteiger partial charge in [-0.2, -0.15) is 5.10 Å². The van der Waals surface area contributed by atoms with Crippen LogP contribution < -0.4 is 4.74 Å². The first-order valence-electron chi connectivity index (χ1n) is 5.45. The molecule has 5 nitrogen and oxygen atoms in total. The Labute approximate surface area is 94.4 Å². The highest BCUT2D eigenvalue weighted by atomic mass is 16.5. The molecule has 0 bridgehead atoms. The van der Waals surface area contributed by atoms with Crippen molar-refractivity contribution in [1.29, 1.82) is 0 Å². The SMILES string of the molecule is CC(=O)N1CCCC(Oc2cccnn2)C1. The van der Waals surface area contributed by atoms with Gasteiger partial charge in [0.15, 0.2) is 0 Å². The van der Waals surface area contributed by atoms with E-state index in [0.29, 0.717) is 12.4 Å².